The number of nitrogens with zero attached hydrogens (tertiary/aromatic N) is 3. The predicted molar refractivity (Wildman–Crippen MR) is 157 cm³/mol. The number of thioether (sulfide) groups is 1. The molecule has 0 fully saturated rings. The molecule has 1 atom stereocenters. The molecule has 1 aromatic heterocycles. The van der Waals surface area contributed by atoms with E-state index in [1.54, 1.807) is 11.8 Å². The normalized spacial score (nSPS) is 14.5. The highest BCUT2D eigenvalue weighted by atomic mass is 32.2. The van der Waals surface area contributed by atoms with E-state index >= 15 is 0 Å². The van der Waals surface area contributed by atoms with Crippen LogP contribution in [0.1, 0.15) is 49.4 Å². The number of aryl methyl sites for hydroxylation is 1. The van der Waals surface area contributed by atoms with Crippen molar-refractivity contribution in [2.75, 3.05) is 16.4 Å². The summed E-state index contributed by atoms with van der Waals surface area (Å²) in [6.45, 7) is 6.64. The van der Waals surface area contributed by atoms with Gasteiger partial charge in [-0.25, -0.2) is 4.68 Å². The molecular weight excluding hydrogens is 506 g/mol. The molecule has 2 heterocycles. The third-order valence-corrected chi connectivity index (χ3v) is 7.45. The maximum absolute atomic E-state index is 13.6. The molecule has 1 amide bonds. The monoisotopic (exact) mass is 539 g/mol. The van der Waals surface area contributed by atoms with Crippen molar-refractivity contribution >= 4 is 29.3 Å². The number of ether oxygens (including phenoxy) is 1. The molecule has 39 heavy (non-hydrogen) atoms. The molecule has 0 saturated heterocycles. The Balaban J connectivity index is 1.43. The maximum atomic E-state index is 13.6. The van der Waals surface area contributed by atoms with Crippen LogP contribution >= 0.6 is 11.8 Å². The minimum atomic E-state index is -0.441. The Hall–Kier alpha value is -4.04. The molecule has 2 N–H and O–H groups in total. The van der Waals surface area contributed by atoms with Crippen molar-refractivity contribution in [3.63, 3.8) is 0 Å². The smallest absolute Gasteiger partial charge is 0.255 e. The van der Waals surface area contributed by atoms with Crippen LogP contribution in [0.2, 0.25) is 0 Å². The Morgan fingerprint density at radius 3 is 2.59 bits per heavy atom. The Morgan fingerprint density at radius 1 is 1.05 bits per heavy atom. The number of unbranched alkanes of at least 4 members (excludes halogenated alkanes) is 1. The number of rotatable bonds is 10. The zero-order valence-electron chi connectivity index (χ0n) is 22.5. The summed E-state index contributed by atoms with van der Waals surface area (Å²) < 4.78 is 7.87. The maximum Gasteiger partial charge on any atom is 0.255 e. The number of aromatic nitrogens is 3. The van der Waals surface area contributed by atoms with Crippen molar-refractivity contribution in [3.8, 4) is 5.75 Å². The molecule has 1 unspecified atom stereocenters. The molecule has 1 aliphatic rings. The van der Waals surface area contributed by atoms with Gasteiger partial charge in [0.1, 0.15) is 18.4 Å². The fourth-order valence-corrected chi connectivity index (χ4v) is 5.45. The van der Waals surface area contributed by atoms with Gasteiger partial charge in [0.25, 0.3) is 5.91 Å². The minimum Gasteiger partial charge on any atom is -0.489 e. The summed E-state index contributed by atoms with van der Waals surface area (Å²) in [5.41, 5.74) is 5.33. The molecule has 0 aliphatic carbocycles. The lowest BCUT2D eigenvalue weighted by Crippen LogP contribution is -2.31. The van der Waals surface area contributed by atoms with E-state index in [0.717, 1.165) is 46.9 Å². The number of fused-ring (bicyclic) bond motifs is 1. The quantitative estimate of drug-likeness (QED) is 0.167. The van der Waals surface area contributed by atoms with Gasteiger partial charge in [0.2, 0.25) is 11.1 Å². The average Bonchev–Trinajstić information content (AvgIpc) is 3.34. The number of amides is 1. The van der Waals surface area contributed by atoms with Crippen molar-refractivity contribution in [2.45, 2.75) is 51.4 Å². The first-order valence-electron chi connectivity index (χ1n) is 13.2. The van der Waals surface area contributed by atoms with Gasteiger partial charge in [0, 0.05) is 17.1 Å². The highest BCUT2D eigenvalue weighted by Crippen LogP contribution is 2.37. The fourth-order valence-electron chi connectivity index (χ4n) is 4.54. The number of allylic oxidation sites excluding steroid dienone is 1. The summed E-state index contributed by atoms with van der Waals surface area (Å²) in [5.74, 6) is 2.16. The molecular formula is C31H33N5O2S. The molecule has 5 rings (SSSR count). The second-order valence-corrected chi connectivity index (χ2v) is 10.7. The van der Waals surface area contributed by atoms with Crippen LogP contribution in [0.5, 0.6) is 5.75 Å². The molecule has 0 radical (unpaired) electrons. The van der Waals surface area contributed by atoms with Crippen LogP contribution in [0, 0.1) is 6.92 Å². The van der Waals surface area contributed by atoms with Gasteiger partial charge in [0.05, 0.1) is 5.57 Å². The van der Waals surface area contributed by atoms with E-state index in [9.17, 15) is 4.79 Å². The molecule has 3 aromatic carbocycles. The van der Waals surface area contributed by atoms with Crippen molar-refractivity contribution in [1.29, 1.82) is 0 Å². The highest BCUT2D eigenvalue weighted by molar-refractivity contribution is 7.99. The van der Waals surface area contributed by atoms with Crippen molar-refractivity contribution < 1.29 is 9.53 Å². The third-order valence-electron chi connectivity index (χ3n) is 6.52. The van der Waals surface area contributed by atoms with Gasteiger partial charge in [-0.2, -0.15) is 4.98 Å². The number of hydrogen-bond acceptors (Lipinski definition) is 6. The standard InChI is InChI=1S/C31H33N5O2S/c1-4-5-18-39-31-34-30-32-22(3)27(29(37)33-25-12-7-6-8-13-25)28(36(30)35-31)24-14-16-26(17-15-24)38-20-23-11-9-10-21(2)19-23/h6-17,19,28H,4-5,18,20H2,1-3H3,(H,33,37)(H,32,34,35). The van der Waals surface area contributed by atoms with Gasteiger partial charge in [0.15, 0.2) is 0 Å². The molecule has 7 nitrogen and oxygen atoms in total. The molecule has 8 heteroatoms. The number of para-hydroxylation sites is 1. The number of anilines is 2. The summed E-state index contributed by atoms with van der Waals surface area (Å²) >= 11 is 1.64. The van der Waals surface area contributed by atoms with Gasteiger partial charge in [-0.05, 0) is 55.7 Å². The highest BCUT2D eigenvalue weighted by Gasteiger charge is 2.34. The second kappa shape index (κ2) is 12.2. The molecule has 4 aromatic rings. The Kier molecular flexibility index (Phi) is 8.32. The van der Waals surface area contributed by atoms with Crippen LogP contribution in [0.15, 0.2) is 95.3 Å². The SMILES string of the molecule is CCCCSc1nc2n(n1)C(c1ccc(OCc3cccc(C)c3)cc1)C(C(=O)Nc1ccccc1)=C(C)N2. The average molecular weight is 540 g/mol. The lowest BCUT2D eigenvalue weighted by Gasteiger charge is -2.28. The topological polar surface area (TPSA) is 81.1 Å². The van der Waals surface area contributed by atoms with Gasteiger partial charge in [-0.1, -0.05) is 85.3 Å². The Labute approximate surface area is 233 Å². The van der Waals surface area contributed by atoms with Crippen LogP contribution in [-0.2, 0) is 11.4 Å². The zero-order valence-corrected chi connectivity index (χ0v) is 23.3. The van der Waals surface area contributed by atoms with E-state index in [2.05, 4.69) is 42.7 Å². The van der Waals surface area contributed by atoms with Crippen molar-refractivity contribution in [1.82, 2.24) is 14.8 Å². The summed E-state index contributed by atoms with van der Waals surface area (Å²) in [5, 5.41) is 11.9. The molecule has 0 saturated carbocycles. The van der Waals surface area contributed by atoms with Gasteiger partial charge in [-0.15, -0.1) is 5.10 Å². The van der Waals surface area contributed by atoms with E-state index in [1.165, 1.54) is 5.56 Å². The van der Waals surface area contributed by atoms with E-state index in [-0.39, 0.29) is 5.91 Å². The lowest BCUT2D eigenvalue weighted by atomic mass is 9.95. The fraction of sp³-hybridized carbons (Fsp3) is 0.258. The first-order chi connectivity index (χ1) is 19.0. The number of benzene rings is 3. The molecule has 0 spiro atoms. The minimum absolute atomic E-state index is 0.183. The van der Waals surface area contributed by atoms with E-state index in [0.29, 0.717) is 23.3 Å². The number of carbonyl (C=O) groups is 1. The van der Waals surface area contributed by atoms with Crippen LogP contribution in [0.25, 0.3) is 0 Å². The Morgan fingerprint density at radius 2 is 1.85 bits per heavy atom. The van der Waals surface area contributed by atoms with Crippen LogP contribution in [0.3, 0.4) is 0 Å². The molecule has 1 aliphatic heterocycles. The number of nitrogens with one attached hydrogen (secondary N) is 2. The van der Waals surface area contributed by atoms with Gasteiger partial charge >= 0.3 is 0 Å². The molecule has 0 bridgehead atoms. The summed E-state index contributed by atoms with van der Waals surface area (Å²) in [6, 6.07) is 25.2. The largest absolute Gasteiger partial charge is 0.489 e. The van der Waals surface area contributed by atoms with Crippen LogP contribution in [-0.4, -0.2) is 26.4 Å². The predicted octanol–water partition coefficient (Wildman–Crippen LogP) is 6.99. The van der Waals surface area contributed by atoms with Gasteiger partial charge in [-0.3, -0.25) is 4.79 Å². The lowest BCUT2D eigenvalue weighted by molar-refractivity contribution is -0.113. The van der Waals surface area contributed by atoms with Crippen LogP contribution in [0.4, 0.5) is 11.6 Å². The summed E-state index contributed by atoms with van der Waals surface area (Å²) in [4.78, 5) is 18.4. The first kappa shape index (κ1) is 26.6. The van der Waals surface area contributed by atoms with Crippen molar-refractivity contribution in [3.05, 3.63) is 107 Å². The van der Waals surface area contributed by atoms with Gasteiger partial charge < -0.3 is 15.4 Å². The number of hydrogen-bond donors (Lipinski definition) is 2. The Bertz CT molecular complexity index is 1460. The summed E-state index contributed by atoms with van der Waals surface area (Å²) in [6.07, 6.45) is 2.21. The second-order valence-electron chi connectivity index (χ2n) is 9.60. The van der Waals surface area contributed by atoms with Crippen LogP contribution < -0.4 is 15.4 Å². The third kappa shape index (κ3) is 6.34. The van der Waals surface area contributed by atoms with E-state index < -0.39 is 6.04 Å². The zero-order chi connectivity index (χ0) is 27.2. The first-order valence-corrected chi connectivity index (χ1v) is 14.2. The summed E-state index contributed by atoms with van der Waals surface area (Å²) in [7, 11) is 0. The van der Waals surface area contributed by atoms with Crippen molar-refractivity contribution in [2.24, 2.45) is 0 Å². The van der Waals surface area contributed by atoms with E-state index in [4.69, 9.17) is 14.8 Å². The van der Waals surface area contributed by atoms with E-state index in [1.807, 2.05) is 72.3 Å². The number of carbonyl (C=O) groups excluding carboxylic acids is 1. The molecule has 200 valence electrons.